The lowest BCUT2D eigenvalue weighted by atomic mass is 10.0. The number of alkyl halides is 3. The summed E-state index contributed by atoms with van der Waals surface area (Å²) in [6, 6.07) is 9.64. The second kappa shape index (κ2) is 10.2. The van der Waals surface area contributed by atoms with Crippen molar-refractivity contribution in [2.75, 3.05) is 26.2 Å². The van der Waals surface area contributed by atoms with Gasteiger partial charge in [-0.15, -0.1) is 0 Å². The summed E-state index contributed by atoms with van der Waals surface area (Å²) in [5.41, 5.74) is 0.934. The molecule has 3 unspecified atom stereocenters. The Morgan fingerprint density at radius 1 is 1.13 bits per heavy atom. The van der Waals surface area contributed by atoms with Crippen molar-refractivity contribution < 1.29 is 38.1 Å². The highest BCUT2D eigenvalue weighted by molar-refractivity contribution is 5.74. The second-order valence-electron chi connectivity index (χ2n) is 7.69. The molecular formula is C20H27F3N2O5. The largest absolute Gasteiger partial charge is 0.490 e. The third-order valence-electron chi connectivity index (χ3n) is 5.35. The minimum absolute atomic E-state index is 0.253. The van der Waals surface area contributed by atoms with E-state index in [1.54, 1.807) is 0 Å². The molecule has 3 atom stereocenters. The van der Waals surface area contributed by atoms with Gasteiger partial charge < -0.3 is 15.3 Å². The molecule has 0 spiro atoms. The van der Waals surface area contributed by atoms with E-state index in [0.29, 0.717) is 12.5 Å². The first-order chi connectivity index (χ1) is 14.0. The normalized spacial score (nSPS) is 22.5. The number of aliphatic hydroxyl groups is 1. The molecule has 0 bridgehead atoms. The van der Waals surface area contributed by atoms with Crippen LogP contribution >= 0.6 is 0 Å². The molecule has 3 N–H and O–H groups in total. The van der Waals surface area contributed by atoms with Crippen molar-refractivity contribution in [1.82, 2.24) is 9.80 Å². The summed E-state index contributed by atoms with van der Waals surface area (Å²) < 4.78 is 31.7. The van der Waals surface area contributed by atoms with E-state index >= 15 is 0 Å². The molecule has 0 amide bonds. The van der Waals surface area contributed by atoms with Crippen molar-refractivity contribution >= 4 is 11.9 Å². The van der Waals surface area contributed by atoms with E-state index in [4.69, 9.17) is 9.90 Å². The highest BCUT2D eigenvalue weighted by Gasteiger charge is 2.42. The van der Waals surface area contributed by atoms with Crippen molar-refractivity contribution in [2.24, 2.45) is 5.92 Å². The van der Waals surface area contributed by atoms with Gasteiger partial charge in [-0.3, -0.25) is 14.6 Å². The predicted molar refractivity (Wildman–Crippen MR) is 102 cm³/mol. The maximum atomic E-state index is 11.5. The number of carbonyl (C=O) groups is 2. The highest BCUT2D eigenvalue weighted by atomic mass is 19.4. The van der Waals surface area contributed by atoms with E-state index in [2.05, 4.69) is 16.7 Å². The van der Waals surface area contributed by atoms with Crippen LogP contribution in [-0.2, 0) is 9.59 Å². The number of hydrogen-bond acceptors (Lipinski definition) is 5. The molecule has 0 aromatic heterocycles. The summed E-state index contributed by atoms with van der Waals surface area (Å²) in [5.74, 6) is -3.11. The molecule has 1 aromatic rings. The molecule has 1 saturated heterocycles. The van der Waals surface area contributed by atoms with Gasteiger partial charge in [0.05, 0.1) is 6.10 Å². The number of carboxylic acid groups (broad SMARTS) is 2. The molecule has 1 aliphatic heterocycles. The number of nitrogens with zero attached hydrogens (tertiary/aromatic N) is 2. The average molecular weight is 432 g/mol. The fraction of sp³-hybridized carbons (Fsp3) is 0.600. The van der Waals surface area contributed by atoms with E-state index in [0.717, 1.165) is 38.0 Å². The molecular weight excluding hydrogens is 405 g/mol. The van der Waals surface area contributed by atoms with Crippen molar-refractivity contribution in [3.63, 3.8) is 0 Å². The molecule has 1 heterocycles. The minimum atomic E-state index is -5.08. The molecule has 1 aliphatic carbocycles. The van der Waals surface area contributed by atoms with Gasteiger partial charge in [0, 0.05) is 32.2 Å². The molecule has 0 radical (unpaired) electrons. The first-order valence-electron chi connectivity index (χ1n) is 9.74. The molecule has 7 nitrogen and oxygen atoms in total. The lowest BCUT2D eigenvalue weighted by Gasteiger charge is -2.42. The van der Waals surface area contributed by atoms with E-state index in [1.807, 2.05) is 30.3 Å². The summed E-state index contributed by atoms with van der Waals surface area (Å²) in [6.07, 6.45) is -3.50. The van der Waals surface area contributed by atoms with Crippen LogP contribution in [0.5, 0.6) is 0 Å². The zero-order valence-electron chi connectivity index (χ0n) is 16.6. The van der Waals surface area contributed by atoms with Crippen LogP contribution in [0.1, 0.15) is 31.4 Å². The quantitative estimate of drug-likeness (QED) is 0.634. The third-order valence-corrected chi connectivity index (χ3v) is 5.35. The maximum absolute atomic E-state index is 11.5. The topological polar surface area (TPSA) is 101 Å². The monoisotopic (exact) mass is 432 g/mol. The second-order valence-corrected chi connectivity index (χ2v) is 7.69. The van der Waals surface area contributed by atoms with Gasteiger partial charge in [-0.25, -0.2) is 4.79 Å². The third kappa shape index (κ3) is 6.96. The number of piperazine rings is 1. The smallest absolute Gasteiger partial charge is 0.480 e. The lowest BCUT2D eigenvalue weighted by molar-refractivity contribution is -0.192. The van der Waals surface area contributed by atoms with Crippen molar-refractivity contribution in [3.8, 4) is 0 Å². The van der Waals surface area contributed by atoms with Gasteiger partial charge in [0.2, 0.25) is 0 Å². The number of aliphatic carboxylic acids is 2. The number of aliphatic hydroxyl groups excluding tert-OH is 1. The molecule has 30 heavy (non-hydrogen) atoms. The number of hydrogen-bond donors (Lipinski definition) is 3. The zero-order chi connectivity index (χ0) is 22.5. The molecule has 1 aromatic carbocycles. The van der Waals surface area contributed by atoms with Crippen molar-refractivity contribution in [2.45, 2.75) is 44.1 Å². The van der Waals surface area contributed by atoms with Gasteiger partial charge in [0.25, 0.3) is 0 Å². The summed E-state index contributed by atoms with van der Waals surface area (Å²) >= 11 is 0. The standard InChI is InChI=1S/C18H26N2O3.C2HF3O2/c1-13-11-20(17(18(22)23)15-7-8-15)10-9-19(13)12-16(21)14-5-3-2-4-6-14;3-2(4,5)1(6)7/h2-6,13,15-17,21H,7-12H2,1H3,(H,22,23);(H,6,7). The molecule has 2 aliphatic rings. The van der Waals surface area contributed by atoms with Gasteiger partial charge in [-0.05, 0) is 31.2 Å². The Morgan fingerprint density at radius 3 is 2.13 bits per heavy atom. The first kappa shape index (κ1) is 24.1. The van der Waals surface area contributed by atoms with E-state index in [-0.39, 0.29) is 12.1 Å². The van der Waals surface area contributed by atoms with Crippen molar-refractivity contribution in [1.29, 1.82) is 0 Å². The number of halogens is 3. The fourth-order valence-corrected chi connectivity index (χ4v) is 3.62. The van der Waals surface area contributed by atoms with Crippen LogP contribution in [0.25, 0.3) is 0 Å². The number of β-amino-alcohol motifs (C(OH)–C–C–N with tert-alkyl or cyclic N) is 1. The van der Waals surface area contributed by atoms with E-state index in [1.165, 1.54) is 0 Å². The Kier molecular flexibility index (Phi) is 8.22. The zero-order valence-corrected chi connectivity index (χ0v) is 16.6. The Morgan fingerprint density at radius 2 is 1.70 bits per heavy atom. The van der Waals surface area contributed by atoms with Crippen LogP contribution in [0.3, 0.4) is 0 Å². The predicted octanol–water partition coefficient (Wildman–Crippen LogP) is 2.22. The SMILES string of the molecule is CC1CN(C(C(=O)O)C2CC2)CCN1CC(O)c1ccccc1.O=C(O)C(F)(F)F. The highest BCUT2D eigenvalue weighted by Crippen LogP contribution is 2.36. The molecule has 10 heteroatoms. The number of rotatable bonds is 6. The molecule has 1 saturated carbocycles. The average Bonchev–Trinajstić information content (AvgIpc) is 3.49. The lowest BCUT2D eigenvalue weighted by Crippen LogP contribution is -2.57. The maximum Gasteiger partial charge on any atom is 0.490 e. The van der Waals surface area contributed by atoms with Crippen LogP contribution in [0.15, 0.2) is 30.3 Å². The summed E-state index contributed by atoms with van der Waals surface area (Å²) in [4.78, 5) is 24.8. The Bertz CT molecular complexity index is 712. The first-order valence-corrected chi connectivity index (χ1v) is 9.74. The van der Waals surface area contributed by atoms with Crippen molar-refractivity contribution in [3.05, 3.63) is 35.9 Å². The van der Waals surface area contributed by atoms with Gasteiger partial charge in [-0.2, -0.15) is 13.2 Å². The molecule has 3 rings (SSSR count). The van der Waals surface area contributed by atoms with E-state index in [9.17, 15) is 28.2 Å². The van der Waals surface area contributed by atoms with Gasteiger partial charge in [-0.1, -0.05) is 30.3 Å². The number of benzene rings is 1. The van der Waals surface area contributed by atoms with Crippen LogP contribution in [0, 0.1) is 5.92 Å². The molecule has 168 valence electrons. The molecule has 2 fully saturated rings. The van der Waals surface area contributed by atoms with Crippen LogP contribution in [0.2, 0.25) is 0 Å². The van der Waals surface area contributed by atoms with Crippen LogP contribution in [-0.4, -0.2) is 81.5 Å². The van der Waals surface area contributed by atoms with Gasteiger partial charge >= 0.3 is 18.1 Å². The fourth-order valence-electron chi connectivity index (χ4n) is 3.62. The Hall–Kier alpha value is -2.17. The Balaban J connectivity index is 0.000000396. The summed E-state index contributed by atoms with van der Waals surface area (Å²) in [6.45, 7) is 5.05. The Labute approximate surface area is 172 Å². The number of carboxylic acids is 2. The van der Waals surface area contributed by atoms with Crippen LogP contribution < -0.4 is 0 Å². The summed E-state index contributed by atoms with van der Waals surface area (Å²) in [5, 5.41) is 27.0. The minimum Gasteiger partial charge on any atom is -0.480 e. The van der Waals surface area contributed by atoms with Gasteiger partial charge in [0.1, 0.15) is 6.04 Å². The summed E-state index contributed by atoms with van der Waals surface area (Å²) in [7, 11) is 0. The van der Waals surface area contributed by atoms with E-state index < -0.39 is 24.2 Å². The van der Waals surface area contributed by atoms with Crippen LogP contribution in [0.4, 0.5) is 13.2 Å². The van der Waals surface area contributed by atoms with Gasteiger partial charge in [0.15, 0.2) is 0 Å².